The van der Waals surface area contributed by atoms with E-state index in [9.17, 15) is 4.79 Å². The van der Waals surface area contributed by atoms with Crippen molar-refractivity contribution in [2.24, 2.45) is 0 Å². The van der Waals surface area contributed by atoms with Gasteiger partial charge < -0.3 is 4.42 Å². The second-order valence-corrected chi connectivity index (χ2v) is 5.99. The van der Waals surface area contributed by atoms with Gasteiger partial charge in [0.25, 0.3) is 5.91 Å². The predicted molar refractivity (Wildman–Crippen MR) is 85.5 cm³/mol. The molecule has 0 unspecified atom stereocenters. The molecule has 21 heavy (non-hydrogen) atoms. The second kappa shape index (κ2) is 6.24. The van der Waals surface area contributed by atoms with Crippen molar-refractivity contribution in [2.45, 2.75) is 6.54 Å². The molecule has 0 aromatic carbocycles. The van der Waals surface area contributed by atoms with E-state index in [2.05, 4.69) is 20.9 Å². The Morgan fingerprint density at radius 3 is 2.76 bits per heavy atom. The number of hydrogen-bond acceptors (Lipinski definition) is 4. The minimum Gasteiger partial charge on any atom is -0.452 e. The summed E-state index contributed by atoms with van der Waals surface area (Å²) in [4.78, 5) is 19.2. The number of thiophene rings is 1. The molecule has 0 aliphatic heterocycles. The number of pyridine rings is 1. The number of furan rings is 1. The van der Waals surface area contributed by atoms with E-state index >= 15 is 0 Å². The number of carbonyl (C=O) groups is 1. The number of halogens is 1. The summed E-state index contributed by atoms with van der Waals surface area (Å²) in [6, 6.07) is 12.8. The van der Waals surface area contributed by atoms with Gasteiger partial charge in [0.05, 0.1) is 11.4 Å². The largest absolute Gasteiger partial charge is 0.452 e. The summed E-state index contributed by atoms with van der Waals surface area (Å²) < 4.78 is 6.14. The fourth-order valence-electron chi connectivity index (χ4n) is 1.90. The smallest absolute Gasteiger partial charge is 0.269 e. The molecule has 0 N–H and O–H groups in total. The molecule has 6 heteroatoms. The number of aromatic nitrogens is 1. The monoisotopic (exact) mass is 362 g/mol. The van der Waals surface area contributed by atoms with E-state index in [1.54, 1.807) is 17.2 Å². The van der Waals surface area contributed by atoms with Crippen LogP contribution in [-0.4, -0.2) is 10.9 Å². The first kappa shape index (κ1) is 14.0. The van der Waals surface area contributed by atoms with E-state index in [1.165, 1.54) is 11.3 Å². The average Bonchev–Trinajstić information content (AvgIpc) is 3.16. The van der Waals surface area contributed by atoms with Crippen molar-refractivity contribution < 1.29 is 9.21 Å². The lowest BCUT2D eigenvalue weighted by Gasteiger charge is -2.19. The Kier molecular flexibility index (Phi) is 4.17. The van der Waals surface area contributed by atoms with Crippen LogP contribution >= 0.6 is 27.3 Å². The van der Waals surface area contributed by atoms with Crippen LogP contribution in [0.15, 0.2) is 63.1 Å². The van der Waals surface area contributed by atoms with Crippen LogP contribution in [0.2, 0.25) is 0 Å². The zero-order valence-electron chi connectivity index (χ0n) is 10.9. The zero-order chi connectivity index (χ0) is 14.7. The lowest BCUT2D eigenvalue weighted by Crippen LogP contribution is -2.30. The van der Waals surface area contributed by atoms with Gasteiger partial charge in [-0.05, 0) is 51.6 Å². The highest BCUT2D eigenvalue weighted by Crippen LogP contribution is 2.22. The van der Waals surface area contributed by atoms with Crippen LogP contribution in [0.5, 0.6) is 0 Å². The number of nitrogens with zero attached hydrogens (tertiary/aromatic N) is 2. The lowest BCUT2D eigenvalue weighted by molar-refractivity contribution is 0.0986. The Balaban J connectivity index is 1.93. The molecule has 3 rings (SSSR count). The standard InChI is InChI=1S/C15H11BrN2O2S/c16-13-7-6-11(20-13)10-18(14-5-1-2-8-17-14)15(19)12-4-3-9-21-12/h1-9H,10H2. The molecule has 0 saturated heterocycles. The first-order chi connectivity index (χ1) is 10.2. The minimum atomic E-state index is -0.0868. The van der Waals surface area contributed by atoms with Gasteiger partial charge in [-0.1, -0.05) is 12.1 Å². The third kappa shape index (κ3) is 3.22. The van der Waals surface area contributed by atoms with E-state index in [1.807, 2.05) is 41.8 Å². The third-order valence-electron chi connectivity index (χ3n) is 2.85. The maximum Gasteiger partial charge on any atom is 0.269 e. The van der Waals surface area contributed by atoms with E-state index in [0.717, 1.165) is 0 Å². The first-order valence-electron chi connectivity index (χ1n) is 6.24. The van der Waals surface area contributed by atoms with Crippen LogP contribution in [0.25, 0.3) is 0 Å². The van der Waals surface area contributed by atoms with Crippen molar-refractivity contribution in [3.05, 3.63) is 69.3 Å². The summed E-state index contributed by atoms with van der Waals surface area (Å²) in [5.74, 6) is 1.21. The Morgan fingerprint density at radius 1 is 1.24 bits per heavy atom. The van der Waals surface area contributed by atoms with Crippen molar-refractivity contribution in [2.75, 3.05) is 4.90 Å². The van der Waals surface area contributed by atoms with Crippen molar-refractivity contribution in [3.63, 3.8) is 0 Å². The Morgan fingerprint density at radius 2 is 2.14 bits per heavy atom. The van der Waals surface area contributed by atoms with Crippen LogP contribution in [0, 0.1) is 0 Å². The van der Waals surface area contributed by atoms with Crippen LogP contribution in [0.3, 0.4) is 0 Å². The third-order valence-corrected chi connectivity index (χ3v) is 4.13. The molecule has 0 bridgehead atoms. The molecule has 3 aromatic heterocycles. The van der Waals surface area contributed by atoms with Gasteiger partial charge in [0.1, 0.15) is 11.6 Å². The van der Waals surface area contributed by atoms with Crippen LogP contribution < -0.4 is 4.90 Å². The molecule has 1 amide bonds. The van der Waals surface area contributed by atoms with Gasteiger partial charge in [0, 0.05) is 6.20 Å². The van der Waals surface area contributed by atoms with E-state index in [4.69, 9.17) is 4.42 Å². The molecule has 0 atom stereocenters. The quantitative estimate of drug-likeness (QED) is 0.693. The number of amides is 1. The van der Waals surface area contributed by atoms with E-state index in [0.29, 0.717) is 27.7 Å². The van der Waals surface area contributed by atoms with Gasteiger partial charge in [-0.3, -0.25) is 9.69 Å². The fourth-order valence-corrected chi connectivity index (χ4v) is 2.91. The first-order valence-corrected chi connectivity index (χ1v) is 7.92. The van der Waals surface area contributed by atoms with Crippen molar-refractivity contribution in [1.82, 2.24) is 4.98 Å². The number of rotatable bonds is 4. The summed E-state index contributed by atoms with van der Waals surface area (Å²) in [5.41, 5.74) is 0. The Labute approximate surface area is 134 Å². The Hall–Kier alpha value is -1.92. The van der Waals surface area contributed by atoms with Crippen molar-refractivity contribution in [1.29, 1.82) is 0 Å². The molecule has 3 aromatic rings. The molecule has 0 aliphatic rings. The average molecular weight is 363 g/mol. The predicted octanol–water partition coefficient (Wildman–Crippen LogP) is 4.35. The fraction of sp³-hybridized carbons (Fsp3) is 0.0667. The topological polar surface area (TPSA) is 46.3 Å². The van der Waals surface area contributed by atoms with Crippen LogP contribution in [0.1, 0.15) is 15.4 Å². The van der Waals surface area contributed by atoms with Gasteiger partial charge in [-0.2, -0.15) is 0 Å². The summed E-state index contributed by atoms with van der Waals surface area (Å²) in [5, 5.41) is 1.88. The van der Waals surface area contributed by atoms with Crippen molar-refractivity contribution >= 4 is 39.0 Å². The Bertz CT molecular complexity index is 725. The lowest BCUT2D eigenvalue weighted by atomic mass is 10.3. The molecule has 106 valence electrons. The van der Waals surface area contributed by atoms with Gasteiger partial charge >= 0.3 is 0 Å². The summed E-state index contributed by atoms with van der Waals surface area (Å²) in [7, 11) is 0. The second-order valence-electron chi connectivity index (χ2n) is 4.26. The van der Waals surface area contributed by atoms with Gasteiger partial charge in [0.2, 0.25) is 0 Å². The number of carbonyl (C=O) groups excluding carboxylic acids is 1. The van der Waals surface area contributed by atoms with E-state index in [-0.39, 0.29) is 5.91 Å². The summed E-state index contributed by atoms with van der Waals surface area (Å²) in [6.07, 6.45) is 1.67. The number of anilines is 1. The molecule has 0 spiro atoms. The number of hydrogen-bond donors (Lipinski definition) is 0. The summed E-state index contributed by atoms with van der Waals surface area (Å²) in [6.45, 7) is 0.333. The van der Waals surface area contributed by atoms with Gasteiger partial charge in [-0.15, -0.1) is 11.3 Å². The molecular weight excluding hydrogens is 352 g/mol. The van der Waals surface area contributed by atoms with Crippen molar-refractivity contribution in [3.8, 4) is 0 Å². The zero-order valence-corrected chi connectivity index (χ0v) is 13.3. The maximum absolute atomic E-state index is 12.7. The molecule has 3 heterocycles. The molecule has 0 aliphatic carbocycles. The SMILES string of the molecule is O=C(c1cccs1)N(Cc1ccc(Br)o1)c1ccccn1. The van der Waals surface area contributed by atoms with Gasteiger partial charge in [0.15, 0.2) is 4.67 Å². The maximum atomic E-state index is 12.7. The molecule has 0 saturated carbocycles. The molecule has 0 fully saturated rings. The van der Waals surface area contributed by atoms with E-state index < -0.39 is 0 Å². The van der Waals surface area contributed by atoms with Crippen LogP contribution in [-0.2, 0) is 6.54 Å². The highest BCUT2D eigenvalue weighted by atomic mass is 79.9. The molecule has 4 nitrogen and oxygen atoms in total. The highest BCUT2D eigenvalue weighted by molar-refractivity contribution is 9.10. The normalized spacial score (nSPS) is 10.5. The minimum absolute atomic E-state index is 0.0868. The molecule has 0 radical (unpaired) electrons. The van der Waals surface area contributed by atoms with Gasteiger partial charge in [-0.25, -0.2) is 4.98 Å². The molecular formula is C15H11BrN2O2S. The van der Waals surface area contributed by atoms with Crippen LogP contribution in [0.4, 0.5) is 5.82 Å². The summed E-state index contributed by atoms with van der Waals surface area (Å²) >= 11 is 4.68. The highest BCUT2D eigenvalue weighted by Gasteiger charge is 2.21.